The number of nitrogens with one attached hydrogen (secondary N) is 1. The van der Waals surface area contributed by atoms with Gasteiger partial charge < -0.3 is 19.7 Å². The second-order valence-corrected chi connectivity index (χ2v) is 7.05. The molecule has 146 valence electrons. The first kappa shape index (κ1) is 19.8. The number of nitrogens with zero attached hydrogens (tertiary/aromatic N) is 1. The van der Waals surface area contributed by atoms with Crippen molar-refractivity contribution in [3.63, 3.8) is 0 Å². The molecule has 7 heteroatoms. The van der Waals surface area contributed by atoms with Gasteiger partial charge in [-0.05, 0) is 50.2 Å². The minimum absolute atomic E-state index is 0.122. The molecule has 0 saturated carbocycles. The molecule has 2 aromatic rings. The zero-order valence-electron chi connectivity index (χ0n) is 15.7. The van der Waals surface area contributed by atoms with Crippen LogP contribution in [0.25, 0.3) is 0 Å². The van der Waals surface area contributed by atoms with Crippen LogP contribution in [0.15, 0.2) is 54.6 Å². The van der Waals surface area contributed by atoms with Crippen molar-refractivity contribution in [2.75, 3.05) is 23.4 Å². The topological polar surface area (TPSA) is 67.9 Å². The summed E-state index contributed by atoms with van der Waals surface area (Å²) in [7, 11) is 0. The van der Waals surface area contributed by atoms with E-state index in [1.807, 2.05) is 6.92 Å². The molecule has 1 N–H and O–H groups in total. The highest BCUT2D eigenvalue weighted by Crippen LogP contribution is 2.36. The first-order valence-corrected chi connectivity index (χ1v) is 9.16. The van der Waals surface area contributed by atoms with Gasteiger partial charge in [0.2, 0.25) is 0 Å². The smallest absolute Gasteiger partial charge is 0.268 e. The molecule has 0 aliphatic carbocycles. The number of carbonyl (C=O) groups is 2. The summed E-state index contributed by atoms with van der Waals surface area (Å²) in [5.74, 6) is 0.651. The molecule has 0 fully saturated rings. The minimum Gasteiger partial charge on any atom is -0.484 e. The summed E-state index contributed by atoms with van der Waals surface area (Å²) >= 11 is 5.82. The van der Waals surface area contributed by atoms with Crippen molar-refractivity contribution in [2.24, 2.45) is 0 Å². The zero-order valence-corrected chi connectivity index (χ0v) is 16.5. The molecule has 0 saturated heterocycles. The molecule has 6 nitrogen and oxygen atoms in total. The number of rotatable bonds is 6. The van der Waals surface area contributed by atoms with Crippen LogP contribution in [0.1, 0.15) is 13.8 Å². The number of carbonyl (C=O) groups excluding carboxylic acids is 2. The van der Waals surface area contributed by atoms with Gasteiger partial charge in [0, 0.05) is 23.3 Å². The van der Waals surface area contributed by atoms with Crippen molar-refractivity contribution in [1.29, 1.82) is 0 Å². The van der Waals surface area contributed by atoms with Crippen LogP contribution in [0.4, 0.5) is 11.4 Å². The molecule has 0 spiro atoms. The van der Waals surface area contributed by atoms with E-state index in [-0.39, 0.29) is 18.4 Å². The average Bonchev–Trinajstić information content (AvgIpc) is 2.64. The van der Waals surface area contributed by atoms with Crippen LogP contribution in [0.5, 0.6) is 11.5 Å². The Hall–Kier alpha value is -2.99. The molecule has 1 atom stereocenters. The molecule has 1 aliphatic rings. The van der Waals surface area contributed by atoms with Crippen LogP contribution < -0.4 is 19.7 Å². The van der Waals surface area contributed by atoms with Crippen LogP contribution in [0.2, 0.25) is 5.02 Å². The average molecular weight is 401 g/mol. The van der Waals surface area contributed by atoms with Gasteiger partial charge in [-0.25, -0.2) is 0 Å². The van der Waals surface area contributed by atoms with E-state index >= 15 is 0 Å². The fraction of sp³-hybridized carbons (Fsp3) is 0.238. The quantitative estimate of drug-likeness (QED) is 0.743. The summed E-state index contributed by atoms with van der Waals surface area (Å²) < 4.78 is 11.1. The van der Waals surface area contributed by atoms with Crippen LogP contribution in [0.3, 0.4) is 0 Å². The largest absolute Gasteiger partial charge is 0.484 e. The molecular weight excluding hydrogens is 380 g/mol. The predicted octanol–water partition coefficient (Wildman–Crippen LogP) is 4.05. The van der Waals surface area contributed by atoms with Crippen LogP contribution >= 0.6 is 11.6 Å². The number of hydrogen-bond donors (Lipinski definition) is 1. The second kappa shape index (κ2) is 8.35. The summed E-state index contributed by atoms with van der Waals surface area (Å²) in [5, 5.41) is 3.36. The van der Waals surface area contributed by atoms with E-state index in [1.54, 1.807) is 54.3 Å². The van der Waals surface area contributed by atoms with Gasteiger partial charge in [-0.2, -0.15) is 0 Å². The van der Waals surface area contributed by atoms with Gasteiger partial charge in [-0.15, -0.1) is 0 Å². The fourth-order valence-corrected chi connectivity index (χ4v) is 2.92. The van der Waals surface area contributed by atoms with E-state index in [0.717, 1.165) is 5.57 Å². The van der Waals surface area contributed by atoms with E-state index in [2.05, 4.69) is 11.9 Å². The normalized spacial score (nSPS) is 15.5. The predicted molar refractivity (Wildman–Crippen MR) is 109 cm³/mol. The number of halogens is 1. The van der Waals surface area contributed by atoms with Crippen molar-refractivity contribution < 1.29 is 19.1 Å². The van der Waals surface area contributed by atoms with Gasteiger partial charge in [0.15, 0.2) is 12.7 Å². The van der Waals surface area contributed by atoms with Crippen LogP contribution in [0, 0.1) is 0 Å². The maximum absolute atomic E-state index is 12.4. The first-order chi connectivity index (χ1) is 13.3. The SMILES string of the molecule is C=C(C)CN1C(=O)C(C)Oc2cc(NC(=O)COc3ccc(Cl)cc3)ccc21. The lowest BCUT2D eigenvalue weighted by Crippen LogP contribution is -2.45. The third-order valence-electron chi connectivity index (χ3n) is 4.06. The Morgan fingerprint density at radius 1 is 1.29 bits per heavy atom. The number of ether oxygens (including phenoxy) is 2. The van der Waals surface area contributed by atoms with E-state index in [9.17, 15) is 9.59 Å². The van der Waals surface area contributed by atoms with Gasteiger partial charge in [0.25, 0.3) is 11.8 Å². The molecule has 3 rings (SSSR count). The molecule has 2 aromatic carbocycles. The van der Waals surface area contributed by atoms with Crippen molar-refractivity contribution in [2.45, 2.75) is 20.0 Å². The third kappa shape index (κ3) is 4.64. The number of benzene rings is 2. The molecule has 1 heterocycles. The van der Waals surface area contributed by atoms with Gasteiger partial charge in [-0.1, -0.05) is 23.8 Å². The van der Waals surface area contributed by atoms with E-state index < -0.39 is 6.10 Å². The minimum atomic E-state index is -0.606. The Labute approximate surface area is 168 Å². The molecule has 0 radical (unpaired) electrons. The molecule has 1 aliphatic heterocycles. The molecule has 2 amide bonds. The molecule has 0 bridgehead atoms. The molecular formula is C21H21ClN2O4. The van der Waals surface area contributed by atoms with E-state index in [4.69, 9.17) is 21.1 Å². The maximum Gasteiger partial charge on any atom is 0.268 e. The van der Waals surface area contributed by atoms with Crippen LogP contribution in [-0.2, 0) is 9.59 Å². The fourth-order valence-electron chi connectivity index (χ4n) is 2.80. The van der Waals surface area contributed by atoms with Gasteiger partial charge in [0.05, 0.1) is 5.69 Å². The third-order valence-corrected chi connectivity index (χ3v) is 4.32. The number of amides is 2. The summed E-state index contributed by atoms with van der Waals surface area (Å²) in [6.45, 7) is 7.71. The van der Waals surface area contributed by atoms with E-state index in [0.29, 0.717) is 34.4 Å². The summed E-state index contributed by atoms with van der Waals surface area (Å²) in [4.78, 5) is 26.2. The second-order valence-electron chi connectivity index (χ2n) is 6.61. The summed E-state index contributed by atoms with van der Waals surface area (Å²) in [6, 6.07) is 11.9. The van der Waals surface area contributed by atoms with Gasteiger partial charge >= 0.3 is 0 Å². The van der Waals surface area contributed by atoms with Crippen molar-refractivity contribution in [3.05, 3.63) is 59.6 Å². The molecule has 28 heavy (non-hydrogen) atoms. The standard InChI is InChI=1S/C21H21ClN2O4/c1-13(2)11-24-18-9-6-16(10-19(18)28-14(3)21(24)26)23-20(25)12-27-17-7-4-15(22)5-8-17/h4-10,14H,1,11-12H2,2-3H3,(H,23,25). The Balaban J connectivity index is 1.68. The molecule has 1 unspecified atom stereocenters. The summed E-state index contributed by atoms with van der Waals surface area (Å²) in [6.07, 6.45) is -0.606. The Bertz CT molecular complexity index is 911. The highest BCUT2D eigenvalue weighted by molar-refractivity contribution is 6.30. The van der Waals surface area contributed by atoms with Crippen molar-refractivity contribution in [1.82, 2.24) is 0 Å². The lowest BCUT2D eigenvalue weighted by molar-refractivity contribution is -0.125. The number of fused-ring (bicyclic) bond motifs is 1. The van der Waals surface area contributed by atoms with Crippen LogP contribution in [-0.4, -0.2) is 31.1 Å². The van der Waals surface area contributed by atoms with Crippen molar-refractivity contribution in [3.8, 4) is 11.5 Å². The lowest BCUT2D eigenvalue weighted by atomic mass is 10.1. The lowest BCUT2D eigenvalue weighted by Gasteiger charge is -2.33. The Morgan fingerprint density at radius 3 is 2.68 bits per heavy atom. The maximum atomic E-state index is 12.4. The molecule has 0 aromatic heterocycles. The summed E-state index contributed by atoms with van der Waals surface area (Å²) in [5.41, 5.74) is 2.08. The Morgan fingerprint density at radius 2 is 2.00 bits per heavy atom. The highest BCUT2D eigenvalue weighted by atomic mass is 35.5. The van der Waals surface area contributed by atoms with Gasteiger partial charge in [-0.3, -0.25) is 9.59 Å². The number of anilines is 2. The zero-order chi connectivity index (χ0) is 20.3. The van der Waals surface area contributed by atoms with E-state index in [1.165, 1.54) is 0 Å². The van der Waals surface area contributed by atoms with Crippen molar-refractivity contribution >= 4 is 34.8 Å². The number of hydrogen-bond acceptors (Lipinski definition) is 4. The first-order valence-electron chi connectivity index (χ1n) is 8.78. The Kier molecular flexibility index (Phi) is 5.90. The van der Waals surface area contributed by atoms with Gasteiger partial charge in [0.1, 0.15) is 11.5 Å². The monoisotopic (exact) mass is 400 g/mol. The highest BCUT2D eigenvalue weighted by Gasteiger charge is 2.31.